The number of Topliss-reactive ketones (excluding diaryl/α,β-unsaturated/α-hetero) is 1. The number of rotatable bonds is 14. The summed E-state index contributed by atoms with van der Waals surface area (Å²) in [5.74, 6) is -3.11. The van der Waals surface area contributed by atoms with Crippen molar-refractivity contribution in [3.05, 3.63) is 48.6 Å². The Labute approximate surface area is 289 Å². The first-order chi connectivity index (χ1) is 23.1. The molecule has 5 unspecified atom stereocenters. The summed E-state index contributed by atoms with van der Waals surface area (Å²) in [6.45, 7) is 13.7. The molecule has 0 radical (unpaired) electrons. The first-order valence-corrected chi connectivity index (χ1v) is 17.5. The molecule has 4 N–H and O–H groups in total. The Bertz CT molecular complexity index is 1400. The fourth-order valence-electron chi connectivity index (χ4n) is 7.35. The number of hydrogen-bond donors (Lipinski definition) is 4. The van der Waals surface area contributed by atoms with Gasteiger partial charge in [-0.15, -0.1) is 6.58 Å². The molecule has 1 aliphatic heterocycles. The summed E-state index contributed by atoms with van der Waals surface area (Å²) in [6.07, 6.45) is 5.22. The Morgan fingerprint density at radius 3 is 2.31 bits per heavy atom. The molecule has 1 heterocycles. The van der Waals surface area contributed by atoms with E-state index in [0.29, 0.717) is 13.1 Å². The second kappa shape index (κ2) is 16.0. The highest BCUT2D eigenvalue weighted by Crippen LogP contribution is 2.65. The second-order valence-corrected chi connectivity index (χ2v) is 15.1. The topological polar surface area (TPSA) is 163 Å². The van der Waals surface area contributed by atoms with E-state index in [0.717, 1.165) is 37.7 Å². The summed E-state index contributed by atoms with van der Waals surface area (Å²) >= 11 is 0. The zero-order valence-electron chi connectivity index (χ0n) is 29.5. The molecule has 3 aliphatic rings. The van der Waals surface area contributed by atoms with Gasteiger partial charge in [0, 0.05) is 26.1 Å². The number of benzene rings is 1. The molecule has 0 bridgehead atoms. The van der Waals surface area contributed by atoms with Crippen LogP contribution in [0.3, 0.4) is 0 Å². The van der Waals surface area contributed by atoms with Crippen molar-refractivity contribution in [2.75, 3.05) is 13.1 Å². The van der Waals surface area contributed by atoms with Gasteiger partial charge >= 0.3 is 6.09 Å². The van der Waals surface area contributed by atoms with Gasteiger partial charge in [0.2, 0.25) is 23.5 Å². The largest absolute Gasteiger partial charge is 0.444 e. The van der Waals surface area contributed by atoms with Gasteiger partial charge in [-0.2, -0.15) is 0 Å². The number of carbonyl (C=O) groups is 6. The monoisotopic (exact) mass is 679 g/mol. The van der Waals surface area contributed by atoms with E-state index in [2.05, 4.69) is 41.7 Å². The van der Waals surface area contributed by atoms with Gasteiger partial charge in [-0.25, -0.2) is 4.79 Å². The lowest BCUT2D eigenvalue weighted by Crippen LogP contribution is -2.59. The van der Waals surface area contributed by atoms with Crippen LogP contribution in [-0.4, -0.2) is 77.2 Å². The minimum absolute atomic E-state index is 0.00138. The number of nitrogens with one attached hydrogen (secondary N) is 4. The van der Waals surface area contributed by atoms with Gasteiger partial charge < -0.3 is 30.9 Å². The van der Waals surface area contributed by atoms with Crippen molar-refractivity contribution in [3.8, 4) is 0 Å². The summed E-state index contributed by atoms with van der Waals surface area (Å²) in [5, 5.41) is 10.8. The highest BCUT2D eigenvalue weighted by atomic mass is 16.6. The fourth-order valence-corrected chi connectivity index (χ4v) is 7.35. The average molecular weight is 680 g/mol. The number of alkyl carbamates (subject to hydrolysis) is 1. The quantitative estimate of drug-likeness (QED) is 0.173. The first-order valence-electron chi connectivity index (χ1n) is 17.5. The summed E-state index contributed by atoms with van der Waals surface area (Å²) in [7, 11) is 0. The van der Waals surface area contributed by atoms with Gasteiger partial charge in [0.25, 0.3) is 5.91 Å². The predicted octanol–water partition coefficient (Wildman–Crippen LogP) is 3.40. The number of likely N-dealkylation sites (tertiary alicyclic amines) is 1. The highest BCUT2D eigenvalue weighted by Gasteiger charge is 2.69. The highest BCUT2D eigenvalue weighted by molar-refractivity contribution is 6.38. The van der Waals surface area contributed by atoms with Crippen LogP contribution < -0.4 is 21.3 Å². The van der Waals surface area contributed by atoms with Gasteiger partial charge in [0.05, 0.1) is 0 Å². The molecule has 12 nitrogen and oxygen atoms in total. The number of fused-ring (bicyclic) bond motifs is 1. The van der Waals surface area contributed by atoms with Crippen LogP contribution in [0, 0.1) is 23.2 Å². The normalized spacial score (nSPS) is 22.5. The van der Waals surface area contributed by atoms with Crippen molar-refractivity contribution in [2.24, 2.45) is 23.2 Å². The number of piperidine rings is 1. The zero-order valence-corrected chi connectivity index (χ0v) is 29.5. The minimum atomic E-state index is -1.20. The lowest BCUT2D eigenvalue weighted by molar-refractivity contribution is -0.145. The van der Waals surface area contributed by atoms with Crippen LogP contribution in [-0.2, 0) is 35.3 Å². The van der Waals surface area contributed by atoms with E-state index in [1.54, 1.807) is 25.7 Å². The van der Waals surface area contributed by atoms with E-state index in [4.69, 9.17) is 4.74 Å². The number of nitrogens with zero attached hydrogens (tertiary/aromatic N) is 1. The molecule has 268 valence electrons. The Kier molecular flexibility index (Phi) is 12.3. The zero-order chi connectivity index (χ0) is 35.9. The number of carbonyl (C=O) groups excluding carboxylic acids is 6. The third-order valence-electron chi connectivity index (χ3n) is 10.0. The molecule has 3 fully saturated rings. The molecule has 2 saturated carbocycles. The molecule has 0 spiro atoms. The molecule has 1 aromatic rings. The van der Waals surface area contributed by atoms with Crippen LogP contribution in [0.25, 0.3) is 0 Å². The van der Waals surface area contributed by atoms with Crippen LogP contribution in [0.15, 0.2) is 43.0 Å². The van der Waals surface area contributed by atoms with E-state index in [-0.39, 0.29) is 54.4 Å². The van der Waals surface area contributed by atoms with Gasteiger partial charge in [0.1, 0.15) is 23.7 Å². The molecule has 5 atom stereocenters. The Balaban J connectivity index is 1.41. The molecule has 49 heavy (non-hydrogen) atoms. The van der Waals surface area contributed by atoms with E-state index < -0.39 is 47.4 Å². The van der Waals surface area contributed by atoms with Crippen LogP contribution in [0.4, 0.5) is 4.79 Å². The van der Waals surface area contributed by atoms with Crippen molar-refractivity contribution in [1.82, 2.24) is 26.2 Å². The molecule has 1 aromatic carbocycles. The van der Waals surface area contributed by atoms with Crippen molar-refractivity contribution in [1.29, 1.82) is 0 Å². The van der Waals surface area contributed by atoms with Gasteiger partial charge in [-0.3, -0.25) is 24.0 Å². The second-order valence-electron chi connectivity index (χ2n) is 15.1. The number of amides is 5. The Morgan fingerprint density at radius 1 is 1.00 bits per heavy atom. The molecule has 5 amide bonds. The first kappa shape index (κ1) is 37.6. The van der Waals surface area contributed by atoms with E-state index >= 15 is 0 Å². The van der Waals surface area contributed by atoms with Crippen molar-refractivity contribution in [2.45, 2.75) is 110 Å². The molecule has 1 saturated heterocycles. The standard InChI is InChI=1S/C37H53N5O7/c1-7-14-26(31(44)33(46)38-20-19-27(43)39-21-23-15-10-8-11-16-23)40-32(45)30-28-25(37(28,5)6)22-42(30)34(47)29(24-17-12-9-13-18-24)41-35(48)49-36(2,3)4/h7-8,10-11,15-16,24-26,28-30H,1,9,12-14,17-22H2,2-6H3,(H,38,46)(H,39,43)(H,40,45)(H,41,48). The lowest BCUT2D eigenvalue weighted by Gasteiger charge is -2.37. The molecule has 12 heteroatoms. The Hall–Kier alpha value is -4.22. The number of hydrogen-bond acceptors (Lipinski definition) is 7. The third-order valence-corrected chi connectivity index (χ3v) is 10.0. The Morgan fingerprint density at radius 2 is 1.67 bits per heavy atom. The smallest absolute Gasteiger partial charge is 0.408 e. The maximum absolute atomic E-state index is 14.3. The predicted molar refractivity (Wildman–Crippen MR) is 184 cm³/mol. The molecule has 4 rings (SSSR count). The third kappa shape index (κ3) is 9.70. The molecule has 2 aliphatic carbocycles. The summed E-state index contributed by atoms with van der Waals surface area (Å²) in [6, 6.07) is 6.45. The summed E-state index contributed by atoms with van der Waals surface area (Å²) in [4.78, 5) is 81.1. The van der Waals surface area contributed by atoms with Gasteiger partial charge in [0.15, 0.2) is 0 Å². The molecule has 0 aromatic heterocycles. The van der Waals surface area contributed by atoms with E-state index in [9.17, 15) is 28.8 Å². The van der Waals surface area contributed by atoms with E-state index in [1.165, 1.54) is 6.08 Å². The van der Waals surface area contributed by atoms with Crippen molar-refractivity contribution in [3.63, 3.8) is 0 Å². The lowest BCUT2D eigenvalue weighted by atomic mass is 9.83. The number of ether oxygens (including phenoxy) is 1. The van der Waals surface area contributed by atoms with Crippen molar-refractivity contribution >= 4 is 35.5 Å². The SMILES string of the molecule is C=CCC(NC(=O)C1C2C(CN1C(=O)C(NC(=O)OC(C)(C)C)C1CCCCC1)C2(C)C)C(=O)C(=O)NCCC(=O)NCc1ccccc1. The van der Waals surface area contributed by atoms with Gasteiger partial charge in [-0.05, 0) is 68.8 Å². The maximum atomic E-state index is 14.3. The van der Waals surface area contributed by atoms with Crippen LogP contribution in [0.1, 0.15) is 85.1 Å². The van der Waals surface area contributed by atoms with Crippen molar-refractivity contribution < 1.29 is 33.5 Å². The number of ketones is 1. The minimum Gasteiger partial charge on any atom is -0.444 e. The molecular weight excluding hydrogens is 626 g/mol. The van der Waals surface area contributed by atoms with E-state index in [1.807, 2.05) is 30.3 Å². The van der Waals surface area contributed by atoms with Crippen LogP contribution in [0.2, 0.25) is 0 Å². The average Bonchev–Trinajstić information content (AvgIpc) is 3.36. The molecular formula is C37H53N5O7. The summed E-state index contributed by atoms with van der Waals surface area (Å²) < 4.78 is 5.50. The fraction of sp³-hybridized carbons (Fsp3) is 0.622. The maximum Gasteiger partial charge on any atom is 0.408 e. The van der Waals surface area contributed by atoms with Crippen LogP contribution >= 0.6 is 0 Å². The van der Waals surface area contributed by atoms with Gasteiger partial charge in [-0.1, -0.05) is 69.5 Å². The van der Waals surface area contributed by atoms with Crippen LogP contribution in [0.5, 0.6) is 0 Å². The summed E-state index contributed by atoms with van der Waals surface area (Å²) in [5.41, 5.74) is -0.0151.